The smallest absolute Gasteiger partial charge is 0.257 e. The molecule has 3 N–H and O–H groups in total. The number of carbonyl (C=O) groups excluding carboxylic acids is 1. The normalized spacial score (nSPS) is 10.1. The Morgan fingerprint density at radius 3 is 2.89 bits per heavy atom. The van der Waals surface area contributed by atoms with Gasteiger partial charge in [-0.25, -0.2) is 4.98 Å². The Bertz CT molecular complexity index is 534. The van der Waals surface area contributed by atoms with E-state index in [0.29, 0.717) is 11.5 Å². The van der Waals surface area contributed by atoms with Crippen LogP contribution in [0.5, 0.6) is 0 Å². The minimum absolute atomic E-state index is 0.170. The highest BCUT2D eigenvalue weighted by atomic mass is 16.1. The van der Waals surface area contributed by atoms with Crippen LogP contribution >= 0.6 is 0 Å². The van der Waals surface area contributed by atoms with Gasteiger partial charge in [0, 0.05) is 30.2 Å². The van der Waals surface area contributed by atoms with Crippen molar-refractivity contribution in [3.05, 3.63) is 41.7 Å². The molecule has 1 amide bonds. The summed E-state index contributed by atoms with van der Waals surface area (Å²) in [5, 5.41) is 5.93. The third-order valence-electron chi connectivity index (χ3n) is 2.59. The van der Waals surface area contributed by atoms with Crippen molar-refractivity contribution in [1.29, 1.82) is 0 Å². The van der Waals surface area contributed by atoms with Crippen LogP contribution < -0.4 is 10.6 Å². The molecule has 94 valence electrons. The molecule has 0 radical (unpaired) electrons. The molecule has 0 bridgehead atoms. The molecule has 5 nitrogen and oxygen atoms in total. The Morgan fingerprint density at radius 2 is 2.28 bits per heavy atom. The van der Waals surface area contributed by atoms with Gasteiger partial charge in [-0.15, -0.1) is 0 Å². The fraction of sp³-hybridized carbons (Fsp3) is 0.231. The first-order valence-electron chi connectivity index (χ1n) is 5.86. The van der Waals surface area contributed by atoms with E-state index in [9.17, 15) is 4.79 Å². The molecule has 2 aromatic rings. The summed E-state index contributed by atoms with van der Waals surface area (Å²) in [6, 6.07) is 5.56. The first-order chi connectivity index (χ1) is 8.70. The Balaban J connectivity index is 2.13. The summed E-state index contributed by atoms with van der Waals surface area (Å²) in [6.45, 7) is 4.87. The summed E-state index contributed by atoms with van der Waals surface area (Å²) in [5.41, 5.74) is 2.71. The van der Waals surface area contributed by atoms with Gasteiger partial charge in [0.2, 0.25) is 5.95 Å². The number of aromatic nitrogens is 2. The van der Waals surface area contributed by atoms with Crippen molar-refractivity contribution in [1.82, 2.24) is 9.97 Å². The van der Waals surface area contributed by atoms with Crippen molar-refractivity contribution in [2.24, 2.45) is 0 Å². The lowest BCUT2D eigenvalue weighted by atomic mass is 10.1. The third-order valence-corrected chi connectivity index (χ3v) is 2.59. The van der Waals surface area contributed by atoms with Crippen molar-refractivity contribution in [3.63, 3.8) is 0 Å². The van der Waals surface area contributed by atoms with E-state index in [2.05, 4.69) is 20.6 Å². The van der Waals surface area contributed by atoms with Gasteiger partial charge in [-0.3, -0.25) is 10.1 Å². The number of H-pyrrole nitrogens is 1. The topological polar surface area (TPSA) is 69.8 Å². The molecule has 5 heteroatoms. The fourth-order valence-electron chi connectivity index (χ4n) is 1.71. The van der Waals surface area contributed by atoms with Crippen LogP contribution in [0.1, 0.15) is 22.8 Å². The standard InChI is InChI=1S/C13H16N4O/c1-3-14-11-5-4-10(8-9(11)2)12(18)17-13-15-6-7-16-13/h4-8,14H,3H2,1-2H3,(H2,15,16,17,18). The maximum atomic E-state index is 11.9. The Morgan fingerprint density at radius 1 is 1.44 bits per heavy atom. The molecule has 0 atom stereocenters. The third kappa shape index (κ3) is 2.68. The number of rotatable bonds is 4. The number of anilines is 2. The maximum absolute atomic E-state index is 11.9. The Labute approximate surface area is 106 Å². The number of hydrogen-bond donors (Lipinski definition) is 3. The predicted octanol–water partition coefficient (Wildman–Crippen LogP) is 2.40. The molecular weight excluding hydrogens is 228 g/mol. The van der Waals surface area contributed by atoms with Gasteiger partial charge >= 0.3 is 0 Å². The van der Waals surface area contributed by atoms with E-state index in [1.807, 2.05) is 26.0 Å². The quantitative estimate of drug-likeness (QED) is 0.773. The van der Waals surface area contributed by atoms with Crippen LogP contribution in [0.2, 0.25) is 0 Å². The summed E-state index contributed by atoms with van der Waals surface area (Å²) in [6.07, 6.45) is 3.25. The van der Waals surface area contributed by atoms with Crippen molar-refractivity contribution < 1.29 is 4.79 Å². The van der Waals surface area contributed by atoms with Gasteiger partial charge in [0.15, 0.2) is 0 Å². The second-order valence-electron chi connectivity index (χ2n) is 3.95. The van der Waals surface area contributed by atoms with Gasteiger partial charge in [0.05, 0.1) is 0 Å². The molecule has 1 aromatic carbocycles. The molecule has 0 unspecified atom stereocenters. The lowest BCUT2D eigenvalue weighted by molar-refractivity contribution is 0.102. The number of aryl methyl sites for hydroxylation is 1. The molecule has 0 saturated carbocycles. The molecule has 0 aliphatic heterocycles. The van der Waals surface area contributed by atoms with Crippen LogP contribution in [0, 0.1) is 6.92 Å². The van der Waals surface area contributed by atoms with E-state index in [-0.39, 0.29) is 5.91 Å². The number of aromatic amines is 1. The fourth-order valence-corrected chi connectivity index (χ4v) is 1.71. The van der Waals surface area contributed by atoms with Gasteiger partial charge in [-0.1, -0.05) is 0 Å². The minimum Gasteiger partial charge on any atom is -0.385 e. The largest absolute Gasteiger partial charge is 0.385 e. The number of nitrogens with one attached hydrogen (secondary N) is 3. The van der Waals surface area contributed by atoms with Crippen LogP contribution in [0.25, 0.3) is 0 Å². The van der Waals surface area contributed by atoms with Gasteiger partial charge in [-0.2, -0.15) is 0 Å². The summed E-state index contributed by atoms with van der Waals surface area (Å²) in [7, 11) is 0. The number of hydrogen-bond acceptors (Lipinski definition) is 3. The van der Waals surface area contributed by atoms with Crippen molar-refractivity contribution in [2.75, 3.05) is 17.2 Å². The molecule has 0 fully saturated rings. The van der Waals surface area contributed by atoms with Crippen molar-refractivity contribution in [2.45, 2.75) is 13.8 Å². The molecule has 18 heavy (non-hydrogen) atoms. The second-order valence-corrected chi connectivity index (χ2v) is 3.95. The number of benzene rings is 1. The van der Waals surface area contributed by atoms with Crippen molar-refractivity contribution in [3.8, 4) is 0 Å². The predicted molar refractivity (Wildman–Crippen MR) is 71.9 cm³/mol. The summed E-state index contributed by atoms with van der Waals surface area (Å²) >= 11 is 0. The second kappa shape index (κ2) is 5.35. The van der Waals surface area contributed by atoms with Gasteiger partial charge < -0.3 is 10.3 Å². The van der Waals surface area contributed by atoms with Crippen LogP contribution in [-0.2, 0) is 0 Å². The molecule has 0 saturated heterocycles. The van der Waals surface area contributed by atoms with E-state index in [1.165, 1.54) is 0 Å². The van der Waals surface area contributed by atoms with Crippen molar-refractivity contribution >= 4 is 17.5 Å². The first-order valence-corrected chi connectivity index (χ1v) is 5.86. The summed E-state index contributed by atoms with van der Waals surface area (Å²) < 4.78 is 0. The lowest BCUT2D eigenvalue weighted by Crippen LogP contribution is -2.13. The van der Waals surface area contributed by atoms with Crippen LogP contribution in [0.4, 0.5) is 11.6 Å². The molecule has 1 heterocycles. The lowest BCUT2D eigenvalue weighted by Gasteiger charge is -2.09. The van der Waals surface area contributed by atoms with E-state index < -0.39 is 0 Å². The first kappa shape index (κ1) is 12.2. The summed E-state index contributed by atoms with van der Waals surface area (Å²) in [4.78, 5) is 18.7. The molecule has 2 rings (SSSR count). The van der Waals surface area contributed by atoms with E-state index in [4.69, 9.17) is 0 Å². The zero-order chi connectivity index (χ0) is 13.0. The minimum atomic E-state index is -0.170. The van der Waals surface area contributed by atoms with Gasteiger partial charge in [0.25, 0.3) is 5.91 Å². The number of nitrogens with zero attached hydrogens (tertiary/aromatic N) is 1. The number of imidazole rings is 1. The Hall–Kier alpha value is -2.30. The van der Waals surface area contributed by atoms with Gasteiger partial charge in [0.1, 0.15) is 0 Å². The van der Waals surface area contributed by atoms with Crippen LogP contribution in [0.15, 0.2) is 30.6 Å². The zero-order valence-electron chi connectivity index (χ0n) is 10.4. The van der Waals surface area contributed by atoms with E-state index in [1.54, 1.807) is 18.5 Å². The average Bonchev–Trinajstić information content (AvgIpc) is 2.84. The highest BCUT2D eigenvalue weighted by molar-refractivity contribution is 6.03. The monoisotopic (exact) mass is 244 g/mol. The molecular formula is C13H16N4O. The highest BCUT2D eigenvalue weighted by Gasteiger charge is 2.08. The molecule has 0 spiro atoms. The van der Waals surface area contributed by atoms with E-state index >= 15 is 0 Å². The summed E-state index contributed by atoms with van der Waals surface area (Å²) in [5.74, 6) is 0.282. The van der Waals surface area contributed by atoms with E-state index in [0.717, 1.165) is 17.8 Å². The van der Waals surface area contributed by atoms with Crippen LogP contribution in [0.3, 0.4) is 0 Å². The van der Waals surface area contributed by atoms with Gasteiger partial charge in [-0.05, 0) is 37.6 Å². The molecule has 0 aliphatic rings. The van der Waals surface area contributed by atoms with Crippen LogP contribution in [-0.4, -0.2) is 22.4 Å². The highest BCUT2D eigenvalue weighted by Crippen LogP contribution is 2.16. The zero-order valence-corrected chi connectivity index (χ0v) is 10.4. The number of amides is 1. The Kier molecular flexibility index (Phi) is 3.62. The average molecular weight is 244 g/mol. The molecule has 0 aliphatic carbocycles. The SMILES string of the molecule is CCNc1ccc(C(=O)Nc2ncc[nH]2)cc1C. The number of carbonyl (C=O) groups is 1. The molecule has 1 aromatic heterocycles. The maximum Gasteiger partial charge on any atom is 0.257 e.